The van der Waals surface area contributed by atoms with E-state index in [2.05, 4.69) is 0 Å². The van der Waals surface area contributed by atoms with Crippen LogP contribution in [0.2, 0.25) is 5.02 Å². The molecule has 2 aromatic rings. The van der Waals surface area contributed by atoms with E-state index in [9.17, 15) is 4.79 Å². The van der Waals surface area contributed by atoms with E-state index < -0.39 is 0 Å². The molecule has 162 valence electrons. The number of thiocarbonyl (C=S) groups is 1. The van der Waals surface area contributed by atoms with Crippen LogP contribution in [-0.4, -0.2) is 41.5 Å². The van der Waals surface area contributed by atoms with E-state index in [-0.39, 0.29) is 12.0 Å². The lowest BCUT2D eigenvalue weighted by molar-refractivity contribution is -0.123. The van der Waals surface area contributed by atoms with Crippen molar-refractivity contribution in [3.63, 3.8) is 0 Å². The third-order valence-corrected chi connectivity index (χ3v) is 6.71. The molecule has 2 saturated heterocycles. The highest BCUT2D eigenvalue weighted by atomic mass is 35.5. The summed E-state index contributed by atoms with van der Waals surface area (Å²) in [6.07, 6.45) is 3.89. The van der Waals surface area contributed by atoms with Gasteiger partial charge in [-0.2, -0.15) is 0 Å². The molecule has 2 aliphatic rings. The summed E-state index contributed by atoms with van der Waals surface area (Å²) in [5.41, 5.74) is 1.85. The van der Waals surface area contributed by atoms with Gasteiger partial charge < -0.3 is 14.2 Å². The number of carbonyl (C=O) groups is 1. The predicted molar refractivity (Wildman–Crippen MR) is 128 cm³/mol. The second-order valence-corrected chi connectivity index (χ2v) is 9.36. The molecule has 2 fully saturated rings. The Bertz CT molecular complexity index is 1000. The van der Waals surface area contributed by atoms with Crippen molar-refractivity contribution in [2.24, 2.45) is 0 Å². The summed E-state index contributed by atoms with van der Waals surface area (Å²) in [6, 6.07) is 13.1. The highest BCUT2D eigenvalue weighted by Gasteiger charge is 2.34. The molecule has 0 N–H and O–H groups in total. The van der Waals surface area contributed by atoms with Crippen LogP contribution in [0.5, 0.6) is 11.5 Å². The summed E-state index contributed by atoms with van der Waals surface area (Å²) in [4.78, 5) is 15.1. The molecule has 1 amide bonds. The number of thioether (sulfide) groups is 1. The average Bonchev–Trinajstić information content (AvgIpc) is 3.38. The zero-order valence-corrected chi connectivity index (χ0v) is 19.4. The molecule has 8 heteroatoms. The Morgan fingerprint density at radius 1 is 1.26 bits per heavy atom. The van der Waals surface area contributed by atoms with Crippen LogP contribution in [0.3, 0.4) is 0 Å². The fraction of sp³-hybridized carbons (Fsp3) is 0.304. The Morgan fingerprint density at radius 2 is 2.06 bits per heavy atom. The van der Waals surface area contributed by atoms with Gasteiger partial charge in [-0.1, -0.05) is 53.8 Å². The maximum atomic E-state index is 12.8. The first-order valence-electron chi connectivity index (χ1n) is 9.96. The maximum Gasteiger partial charge on any atom is 0.266 e. The highest BCUT2D eigenvalue weighted by Crippen LogP contribution is 2.35. The molecule has 0 saturated carbocycles. The molecule has 0 radical (unpaired) electrons. The first kappa shape index (κ1) is 22.1. The van der Waals surface area contributed by atoms with E-state index >= 15 is 0 Å². The molecular weight excluding hydrogens is 454 g/mol. The van der Waals surface area contributed by atoms with Gasteiger partial charge in [0.25, 0.3) is 5.91 Å². The van der Waals surface area contributed by atoms with Gasteiger partial charge >= 0.3 is 0 Å². The smallest absolute Gasteiger partial charge is 0.266 e. The lowest BCUT2D eigenvalue weighted by Gasteiger charge is -2.18. The Kier molecular flexibility index (Phi) is 7.17. The van der Waals surface area contributed by atoms with E-state index in [1.165, 1.54) is 11.8 Å². The monoisotopic (exact) mass is 475 g/mol. The van der Waals surface area contributed by atoms with Crippen LogP contribution < -0.4 is 9.47 Å². The Balaban J connectivity index is 1.45. The first-order chi connectivity index (χ1) is 15.0. The molecule has 0 unspecified atom stereocenters. The minimum atomic E-state index is -0.0764. The number of benzene rings is 2. The van der Waals surface area contributed by atoms with E-state index in [4.69, 9.17) is 38.0 Å². The summed E-state index contributed by atoms with van der Waals surface area (Å²) in [5, 5.41) is 0.687. The molecule has 5 nitrogen and oxygen atoms in total. The third-order valence-electron chi connectivity index (χ3n) is 5.08. The number of halogens is 1. The van der Waals surface area contributed by atoms with Gasteiger partial charge in [0.1, 0.15) is 10.9 Å². The van der Waals surface area contributed by atoms with Gasteiger partial charge in [-0.05, 0) is 54.3 Å². The number of hydrogen-bond donors (Lipinski definition) is 0. The number of amides is 1. The van der Waals surface area contributed by atoms with Crippen molar-refractivity contribution >= 4 is 51.9 Å². The minimum Gasteiger partial charge on any atom is -0.493 e. The Hall–Kier alpha value is -2.06. The van der Waals surface area contributed by atoms with Crippen molar-refractivity contribution in [3.8, 4) is 11.5 Å². The number of ether oxygens (including phenoxy) is 3. The molecular formula is C23H22ClNO4S2. The van der Waals surface area contributed by atoms with Gasteiger partial charge in [0.05, 0.1) is 24.7 Å². The van der Waals surface area contributed by atoms with Crippen LogP contribution in [0.4, 0.5) is 0 Å². The normalized spacial score (nSPS) is 20.0. The average molecular weight is 476 g/mol. The van der Waals surface area contributed by atoms with Crippen molar-refractivity contribution in [1.82, 2.24) is 4.90 Å². The fourth-order valence-corrected chi connectivity index (χ4v) is 4.84. The van der Waals surface area contributed by atoms with Gasteiger partial charge in [-0.3, -0.25) is 9.69 Å². The fourth-order valence-electron chi connectivity index (χ4n) is 3.44. The SMILES string of the molecule is COc1cc(/C=C2\SC(=S)N(C[C@H]3CCCO3)C2=O)ccc1OCc1ccc(Cl)cc1. The quantitative estimate of drug-likeness (QED) is 0.399. The standard InChI is InChI=1S/C23H22ClNO4S2/c1-27-20-11-16(6-9-19(20)29-14-15-4-7-17(24)8-5-15)12-21-22(26)25(23(30)31-21)13-18-3-2-10-28-18/h4-9,11-12,18H,2-3,10,13-14H2,1H3/b21-12-/t18-/m1/s1. The Morgan fingerprint density at radius 3 is 2.77 bits per heavy atom. The Labute approximate surface area is 196 Å². The second kappa shape index (κ2) is 10.0. The van der Waals surface area contributed by atoms with E-state index in [1.54, 1.807) is 12.0 Å². The summed E-state index contributed by atoms with van der Waals surface area (Å²) in [5.74, 6) is 1.14. The maximum absolute atomic E-state index is 12.8. The third kappa shape index (κ3) is 5.41. The lowest BCUT2D eigenvalue weighted by Crippen LogP contribution is -2.35. The topological polar surface area (TPSA) is 48.0 Å². The molecule has 2 heterocycles. The van der Waals surface area contributed by atoms with Crippen LogP contribution in [0.1, 0.15) is 24.0 Å². The summed E-state index contributed by atoms with van der Waals surface area (Å²) >= 11 is 12.7. The second-order valence-electron chi connectivity index (χ2n) is 7.25. The van der Waals surface area contributed by atoms with E-state index in [0.717, 1.165) is 30.6 Å². The highest BCUT2D eigenvalue weighted by molar-refractivity contribution is 8.26. The number of carbonyl (C=O) groups excluding carboxylic acids is 1. The zero-order valence-electron chi connectivity index (χ0n) is 17.0. The number of rotatable bonds is 7. The molecule has 1 atom stereocenters. The van der Waals surface area contributed by atoms with Gasteiger partial charge in [-0.15, -0.1) is 0 Å². The molecule has 2 aliphatic heterocycles. The van der Waals surface area contributed by atoms with Gasteiger partial charge in [0.2, 0.25) is 0 Å². The molecule has 0 aliphatic carbocycles. The van der Waals surface area contributed by atoms with Gasteiger partial charge in [0.15, 0.2) is 11.5 Å². The minimum absolute atomic E-state index is 0.0685. The van der Waals surface area contributed by atoms with E-state index in [1.807, 2.05) is 48.5 Å². The van der Waals surface area contributed by atoms with Gasteiger partial charge in [0, 0.05) is 11.6 Å². The molecule has 4 rings (SSSR count). The van der Waals surface area contributed by atoms with Crippen molar-refractivity contribution in [3.05, 3.63) is 63.5 Å². The van der Waals surface area contributed by atoms with E-state index in [0.29, 0.717) is 38.9 Å². The predicted octanol–water partition coefficient (Wildman–Crippen LogP) is 5.31. The zero-order chi connectivity index (χ0) is 21.8. The van der Waals surface area contributed by atoms with Crippen molar-refractivity contribution < 1.29 is 19.0 Å². The van der Waals surface area contributed by atoms with Crippen LogP contribution in [0, 0.1) is 0 Å². The summed E-state index contributed by atoms with van der Waals surface area (Å²) in [6.45, 7) is 1.67. The molecule has 2 aromatic carbocycles. The van der Waals surface area contributed by atoms with Crippen molar-refractivity contribution in [1.29, 1.82) is 0 Å². The lowest BCUT2D eigenvalue weighted by atomic mass is 10.1. The molecule has 0 aromatic heterocycles. The number of nitrogens with zero attached hydrogens (tertiary/aromatic N) is 1. The van der Waals surface area contributed by atoms with Gasteiger partial charge in [-0.25, -0.2) is 0 Å². The van der Waals surface area contributed by atoms with Crippen molar-refractivity contribution in [2.75, 3.05) is 20.3 Å². The van der Waals surface area contributed by atoms with Crippen LogP contribution in [-0.2, 0) is 16.1 Å². The summed E-state index contributed by atoms with van der Waals surface area (Å²) in [7, 11) is 1.59. The molecule has 0 spiro atoms. The first-order valence-corrected chi connectivity index (χ1v) is 11.6. The number of hydrogen-bond acceptors (Lipinski definition) is 6. The number of methoxy groups -OCH3 is 1. The van der Waals surface area contributed by atoms with Crippen molar-refractivity contribution in [2.45, 2.75) is 25.6 Å². The van der Waals surface area contributed by atoms with Crippen LogP contribution in [0.15, 0.2) is 47.4 Å². The van der Waals surface area contributed by atoms with Crippen LogP contribution in [0.25, 0.3) is 6.08 Å². The largest absolute Gasteiger partial charge is 0.493 e. The van der Waals surface area contributed by atoms with Crippen LogP contribution >= 0.6 is 35.6 Å². The molecule has 0 bridgehead atoms. The molecule has 31 heavy (non-hydrogen) atoms. The summed E-state index contributed by atoms with van der Waals surface area (Å²) < 4.78 is 17.6.